The SMILES string of the molecule is CN=C(NCc1ccc(NC(=O)NC(C)C)cc1)NCc1cc(C)ccc1OC(F)F.I. The number of aliphatic imine (C=N–C) groups is 1. The lowest BCUT2D eigenvalue weighted by Crippen LogP contribution is -2.36. The summed E-state index contributed by atoms with van der Waals surface area (Å²) in [4.78, 5) is 15.9. The molecule has 0 aliphatic carbocycles. The molecule has 0 unspecified atom stereocenters. The summed E-state index contributed by atoms with van der Waals surface area (Å²) < 4.78 is 29.8. The molecule has 0 bridgehead atoms. The van der Waals surface area contributed by atoms with Gasteiger partial charge in [0.15, 0.2) is 5.96 Å². The topological polar surface area (TPSA) is 86.8 Å². The van der Waals surface area contributed by atoms with Gasteiger partial charge in [0.2, 0.25) is 0 Å². The largest absolute Gasteiger partial charge is 0.434 e. The van der Waals surface area contributed by atoms with Gasteiger partial charge >= 0.3 is 12.6 Å². The maximum atomic E-state index is 12.6. The predicted molar refractivity (Wildman–Crippen MR) is 134 cm³/mol. The zero-order chi connectivity index (χ0) is 22.8. The summed E-state index contributed by atoms with van der Waals surface area (Å²) in [5.74, 6) is 0.649. The number of benzene rings is 2. The number of hydrogen-bond acceptors (Lipinski definition) is 3. The quantitative estimate of drug-likeness (QED) is 0.216. The molecule has 2 aromatic rings. The third-order valence-electron chi connectivity index (χ3n) is 4.19. The van der Waals surface area contributed by atoms with Crippen LogP contribution < -0.4 is 26.0 Å². The number of ether oxygens (including phenoxy) is 1. The second-order valence-corrected chi connectivity index (χ2v) is 7.22. The Morgan fingerprint density at radius 3 is 2.31 bits per heavy atom. The number of urea groups is 1. The minimum absolute atomic E-state index is 0. The Balaban J connectivity index is 0.00000512. The van der Waals surface area contributed by atoms with Crippen LogP contribution in [0.2, 0.25) is 0 Å². The van der Waals surface area contributed by atoms with E-state index in [1.807, 2.05) is 45.0 Å². The van der Waals surface area contributed by atoms with Crippen LogP contribution in [0.15, 0.2) is 47.5 Å². The first-order valence-electron chi connectivity index (χ1n) is 9.92. The van der Waals surface area contributed by atoms with Gasteiger partial charge in [-0.05, 0) is 44.5 Å². The molecule has 0 saturated heterocycles. The third kappa shape index (κ3) is 9.67. The average molecular weight is 561 g/mol. The molecule has 4 N–H and O–H groups in total. The van der Waals surface area contributed by atoms with Gasteiger partial charge in [-0.25, -0.2) is 4.79 Å². The van der Waals surface area contributed by atoms with Crippen molar-refractivity contribution in [3.63, 3.8) is 0 Å². The third-order valence-corrected chi connectivity index (χ3v) is 4.19. The fourth-order valence-corrected chi connectivity index (χ4v) is 2.78. The molecule has 32 heavy (non-hydrogen) atoms. The second kappa shape index (κ2) is 13.7. The number of carbonyl (C=O) groups is 1. The van der Waals surface area contributed by atoms with E-state index in [1.54, 1.807) is 19.2 Å². The average Bonchev–Trinajstić information content (AvgIpc) is 2.70. The molecule has 7 nitrogen and oxygen atoms in total. The van der Waals surface area contributed by atoms with Crippen LogP contribution in [0.25, 0.3) is 0 Å². The molecule has 0 aromatic heterocycles. The van der Waals surface area contributed by atoms with Crippen molar-refractivity contribution in [1.29, 1.82) is 0 Å². The first-order chi connectivity index (χ1) is 14.8. The molecule has 2 amide bonds. The van der Waals surface area contributed by atoms with Gasteiger partial charge in [0.05, 0.1) is 0 Å². The number of halogens is 3. The van der Waals surface area contributed by atoms with Crippen molar-refractivity contribution in [2.24, 2.45) is 4.99 Å². The van der Waals surface area contributed by atoms with Crippen molar-refractivity contribution in [2.75, 3.05) is 12.4 Å². The Morgan fingerprint density at radius 2 is 1.72 bits per heavy atom. The summed E-state index contributed by atoms with van der Waals surface area (Å²) >= 11 is 0. The molecule has 0 saturated carbocycles. The van der Waals surface area contributed by atoms with Crippen molar-refractivity contribution in [3.05, 3.63) is 59.2 Å². The normalized spacial score (nSPS) is 11.1. The zero-order valence-corrected chi connectivity index (χ0v) is 20.9. The van der Waals surface area contributed by atoms with Gasteiger partial charge in [-0.1, -0.05) is 29.8 Å². The molecule has 0 radical (unpaired) electrons. The van der Waals surface area contributed by atoms with Crippen molar-refractivity contribution >= 4 is 41.7 Å². The van der Waals surface area contributed by atoms with Crippen LogP contribution in [0.4, 0.5) is 19.3 Å². The summed E-state index contributed by atoms with van der Waals surface area (Å²) in [7, 11) is 1.63. The molecular weight excluding hydrogens is 531 g/mol. The van der Waals surface area contributed by atoms with Gasteiger partial charge in [0, 0.05) is 37.4 Å². The van der Waals surface area contributed by atoms with Gasteiger partial charge in [-0.3, -0.25) is 4.99 Å². The predicted octanol–water partition coefficient (Wildman–Crippen LogP) is 4.61. The summed E-state index contributed by atoms with van der Waals surface area (Å²) in [6.07, 6.45) is 0. The van der Waals surface area contributed by atoms with Crippen LogP contribution in [0.5, 0.6) is 5.75 Å². The second-order valence-electron chi connectivity index (χ2n) is 7.22. The minimum atomic E-state index is -2.88. The standard InChI is InChI=1S/C22H29F2N5O2.HI/c1-14(2)28-22(30)29-18-8-6-16(7-9-18)12-26-21(25-4)27-13-17-11-15(3)5-10-19(17)31-20(23)24;/h5-11,14,20H,12-13H2,1-4H3,(H2,25,26,27)(H2,28,29,30);1H. The molecule has 0 spiro atoms. The first kappa shape index (κ1) is 27.4. The van der Waals surface area contributed by atoms with E-state index in [4.69, 9.17) is 0 Å². The molecule has 0 fully saturated rings. The number of nitrogens with zero attached hydrogens (tertiary/aromatic N) is 1. The summed E-state index contributed by atoms with van der Waals surface area (Å²) in [6, 6.07) is 12.3. The fraction of sp³-hybridized carbons (Fsp3) is 0.364. The number of anilines is 1. The van der Waals surface area contributed by atoms with E-state index in [9.17, 15) is 13.6 Å². The molecule has 176 valence electrons. The Morgan fingerprint density at radius 1 is 1.06 bits per heavy atom. The fourth-order valence-electron chi connectivity index (χ4n) is 2.78. The monoisotopic (exact) mass is 561 g/mol. The molecule has 0 atom stereocenters. The lowest BCUT2D eigenvalue weighted by Gasteiger charge is -2.15. The van der Waals surface area contributed by atoms with E-state index in [0.29, 0.717) is 23.8 Å². The Bertz CT molecular complexity index is 892. The van der Waals surface area contributed by atoms with E-state index in [1.165, 1.54) is 6.07 Å². The van der Waals surface area contributed by atoms with Crippen LogP contribution in [-0.4, -0.2) is 31.7 Å². The van der Waals surface area contributed by atoms with Gasteiger partial charge < -0.3 is 26.0 Å². The minimum Gasteiger partial charge on any atom is -0.434 e. The highest BCUT2D eigenvalue weighted by Crippen LogP contribution is 2.22. The van der Waals surface area contributed by atoms with E-state index in [0.717, 1.165) is 11.1 Å². The molecule has 2 rings (SSSR count). The van der Waals surface area contributed by atoms with Crippen molar-refractivity contribution in [1.82, 2.24) is 16.0 Å². The summed E-state index contributed by atoms with van der Waals surface area (Å²) in [5.41, 5.74) is 3.22. The number of alkyl halides is 2. The smallest absolute Gasteiger partial charge is 0.387 e. The number of rotatable bonds is 8. The Labute approximate surface area is 204 Å². The molecular formula is C22H30F2IN5O2. The highest BCUT2D eigenvalue weighted by atomic mass is 127. The lowest BCUT2D eigenvalue weighted by molar-refractivity contribution is -0.0504. The lowest BCUT2D eigenvalue weighted by atomic mass is 10.1. The molecule has 10 heteroatoms. The van der Waals surface area contributed by atoms with Crippen molar-refractivity contribution in [2.45, 2.75) is 46.5 Å². The van der Waals surface area contributed by atoms with Crippen LogP contribution in [0.1, 0.15) is 30.5 Å². The van der Waals surface area contributed by atoms with Crippen LogP contribution in [-0.2, 0) is 13.1 Å². The molecule has 2 aromatic carbocycles. The number of nitrogens with one attached hydrogen (secondary N) is 4. The highest BCUT2D eigenvalue weighted by molar-refractivity contribution is 14.0. The molecule has 0 aliphatic heterocycles. The number of amides is 2. The Kier molecular flexibility index (Phi) is 11.7. The molecule has 0 aliphatic rings. The van der Waals surface area contributed by atoms with Gasteiger partial charge in [0.1, 0.15) is 5.75 Å². The zero-order valence-electron chi connectivity index (χ0n) is 18.5. The van der Waals surface area contributed by atoms with E-state index >= 15 is 0 Å². The number of carbonyl (C=O) groups excluding carboxylic acids is 1. The highest BCUT2D eigenvalue weighted by Gasteiger charge is 2.10. The summed E-state index contributed by atoms with van der Waals surface area (Å²) in [6.45, 7) is 3.55. The Hall–Kier alpha value is -2.63. The number of guanidine groups is 1. The van der Waals surface area contributed by atoms with Crippen LogP contribution in [0.3, 0.4) is 0 Å². The molecule has 0 heterocycles. The van der Waals surface area contributed by atoms with Crippen LogP contribution in [0, 0.1) is 6.92 Å². The van der Waals surface area contributed by atoms with Crippen LogP contribution >= 0.6 is 24.0 Å². The maximum Gasteiger partial charge on any atom is 0.387 e. The van der Waals surface area contributed by atoms with E-state index in [2.05, 4.69) is 31.0 Å². The number of aryl methyl sites for hydroxylation is 1. The van der Waals surface area contributed by atoms with E-state index in [-0.39, 0.29) is 48.3 Å². The summed E-state index contributed by atoms with van der Waals surface area (Å²) in [5, 5.41) is 11.8. The van der Waals surface area contributed by atoms with Crippen molar-refractivity contribution in [3.8, 4) is 5.75 Å². The van der Waals surface area contributed by atoms with Crippen molar-refractivity contribution < 1.29 is 18.3 Å². The van der Waals surface area contributed by atoms with Gasteiger partial charge in [-0.15, -0.1) is 24.0 Å². The first-order valence-corrected chi connectivity index (χ1v) is 9.92. The van der Waals surface area contributed by atoms with Gasteiger partial charge in [0.25, 0.3) is 0 Å². The van der Waals surface area contributed by atoms with Gasteiger partial charge in [-0.2, -0.15) is 8.78 Å². The number of hydrogen-bond donors (Lipinski definition) is 4. The van der Waals surface area contributed by atoms with E-state index < -0.39 is 6.61 Å². The maximum absolute atomic E-state index is 12.6.